The summed E-state index contributed by atoms with van der Waals surface area (Å²) in [6, 6.07) is 3.20. The van der Waals surface area contributed by atoms with Crippen LogP contribution in [0.25, 0.3) is 0 Å². The normalized spacial score (nSPS) is 29.0. The van der Waals surface area contributed by atoms with Gasteiger partial charge >= 0.3 is 0 Å². The van der Waals surface area contributed by atoms with Crippen LogP contribution in [0.2, 0.25) is 0 Å². The zero-order valence-electron chi connectivity index (χ0n) is 13.6. The van der Waals surface area contributed by atoms with E-state index in [1.807, 2.05) is 0 Å². The minimum Gasteiger partial charge on any atom is -0.327 e. The summed E-state index contributed by atoms with van der Waals surface area (Å²) in [5.41, 5.74) is -1.95. The average Bonchev–Trinajstić information content (AvgIpc) is 2.48. The number of nitrogens with zero attached hydrogens (tertiary/aromatic N) is 2. The molecule has 2 rings (SSSR count). The number of likely N-dealkylation sites (N-methyl/N-ethyl adjacent to an activating group) is 1. The van der Waals surface area contributed by atoms with Gasteiger partial charge in [-0.05, 0) is 38.6 Å². The lowest BCUT2D eigenvalue weighted by atomic mass is 9.82. The Morgan fingerprint density at radius 1 is 1.26 bits per heavy atom. The van der Waals surface area contributed by atoms with Crippen molar-refractivity contribution < 1.29 is 18.0 Å². The second kappa shape index (κ2) is 6.00. The maximum atomic E-state index is 13.6. The summed E-state index contributed by atoms with van der Waals surface area (Å²) in [5, 5.41) is 0. The third kappa shape index (κ3) is 2.76. The highest BCUT2D eigenvalue weighted by Crippen LogP contribution is 2.38. The molecule has 0 aliphatic carbocycles. The van der Waals surface area contributed by atoms with Crippen LogP contribution in [0.3, 0.4) is 0 Å². The maximum absolute atomic E-state index is 13.6. The number of carbonyl (C=O) groups is 1. The zero-order valence-corrected chi connectivity index (χ0v) is 13.6. The lowest BCUT2D eigenvalue weighted by molar-refractivity contribution is -0.162. The molecule has 0 spiro atoms. The third-order valence-corrected chi connectivity index (χ3v) is 4.75. The van der Waals surface area contributed by atoms with Gasteiger partial charge in [-0.1, -0.05) is 6.08 Å². The van der Waals surface area contributed by atoms with Gasteiger partial charge in [0.15, 0.2) is 0 Å². The average molecular weight is 326 g/mol. The van der Waals surface area contributed by atoms with Gasteiger partial charge in [-0.25, -0.2) is 13.2 Å². The molecule has 0 saturated carbocycles. The van der Waals surface area contributed by atoms with Gasteiger partial charge in [0.25, 0.3) is 0 Å². The Kier molecular flexibility index (Phi) is 4.57. The summed E-state index contributed by atoms with van der Waals surface area (Å²) in [7, 11) is 1.64. The zero-order chi connectivity index (χ0) is 17.4. The van der Waals surface area contributed by atoms with Crippen molar-refractivity contribution in [2.24, 2.45) is 0 Å². The Balaban J connectivity index is 2.58. The molecular formula is C17H21F3N2O. The molecule has 1 aliphatic heterocycles. The minimum atomic E-state index is -1.30. The van der Waals surface area contributed by atoms with Crippen molar-refractivity contribution in [2.75, 3.05) is 26.8 Å². The predicted octanol–water partition coefficient (Wildman–Crippen LogP) is 2.87. The van der Waals surface area contributed by atoms with Crippen LogP contribution in [0.1, 0.15) is 19.4 Å². The van der Waals surface area contributed by atoms with Gasteiger partial charge in [0.2, 0.25) is 5.91 Å². The fourth-order valence-corrected chi connectivity index (χ4v) is 3.08. The first kappa shape index (κ1) is 17.5. The molecule has 1 aliphatic rings. The Morgan fingerprint density at radius 3 is 2.30 bits per heavy atom. The number of halogens is 3. The van der Waals surface area contributed by atoms with E-state index in [4.69, 9.17) is 0 Å². The molecule has 6 heteroatoms. The van der Waals surface area contributed by atoms with Crippen molar-refractivity contribution in [1.29, 1.82) is 0 Å². The molecule has 1 heterocycles. The number of benzene rings is 1. The maximum Gasteiger partial charge on any atom is 0.246 e. The smallest absolute Gasteiger partial charge is 0.246 e. The molecule has 126 valence electrons. The number of piperazine rings is 1. The molecule has 1 aromatic carbocycles. The lowest BCUT2D eigenvalue weighted by Crippen LogP contribution is -2.70. The standard InChI is InChI=1S/C17H21F3N2O/c1-5-6-22-15(23)16(2,10-18)21(4)11-17(22,3)12-7-13(19)9-14(20)8-12/h5,7-9H,1,6,10-11H2,2-4H3/t16-,17+/m0/s1. The largest absolute Gasteiger partial charge is 0.327 e. The highest BCUT2D eigenvalue weighted by molar-refractivity contribution is 5.88. The molecule has 3 nitrogen and oxygen atoms in total. The first-order valence-corrected chi connectivity index (χ1v) is 7.36. The highest BCUT2D eigenvalue weighted by atomic mass is 19.1. The number of rotatable bonds is 4. The minimum absolute atomic E-state index is 0.164. The SMILES string of the molecule is C=CCN1C(=O)[C@](C)(CF)N(C)C[C@]1(C)c1cc(F)cc(F)c1. The summed E-state index contributed by atoms with van der Waals surface area (Å²) in [6.45, 7) is 6.44. The van der Waals surface area contributed by atoms with Crippen LogP contribution in [-0.4, -0.2) is 48.1 Å². The van der Waals surface area contributed by atoms with E-state index in [9.17, 15) is 18.0 Å². The van der Waals surface area contributed by atoms with E-state index in [0.717, 1.165) is 6.07 Å². The summed E-state index contributed by atoms with van der Waals surface area (Å²) in [4.78, 5) is 15.9. The fourth-order valence-electron chi connectivity index (χ4n) is 3.08. The molecular weight excluding hydrogens is 305 g/mol. The first-order chi connectivity index (χ1) is 10.7. The molecule has 0 unspecified atom stereocenters. The number of hydrogen-bond acceptors (Lipinski definition) is 2. The van der Waals surface area contributed by atoms with Gasteiger partial charge in [0.1, 0.15) is 23.8 Å². The molecule has 1 aromatic rings. The van der Waals surface area contributed by atoms with Crippen molar-refractivity contribution >= 4 is 5.91 Å². The predicted molar refractivity (Wildman–Crippen MR) is 82.6 cm³/mol. The van der Waals surface area contributed by atoms with Gasteiger partial charge in [0.05, 0.1) is 5.54 Å². The number of amides is 1. The number of hydrogen-bond donors (Lipinski definition) is 0. The fraction of sp³-hybridized carbons (Fsp3) is 0.471. The molecule has 1 saturated heterocycles. The van der Waals surface area contributed by atoms with Gasteiger partial charge in [0, 0.05) is 19.2 Å². The molecule has 0 radical (unpaired) electrons. The molecule has 1 fully saturated rings. The summed E-state index contributed by atoms with van der Waals surface area (Å²) < 4.78 is 40.8. The van der Waals surface area contributed by atoms with Crippen molar-refractivity contribution in [2.45, 2.75) is 24.9 Å². The van der Waals surface area contributed by atoms with Gasteiger partial charge < -0.3 is 4.90 Å². The van der Waals surface area contributed by atoms with E-state index >= 15 is 0 Å². The van der Waals surface area contributed by atoms with E-state index in [1.54, 1.807) is 18.9 Å². The Hall–Kier alpha value is -1.82. The van der Waals surface area contributed by atoms with Crippen LogP contribution < -0.4 is 0 Å². The second-order valence-corrected chi connectivity index (χ2v) is 6.40. The van der Waals surface area contributed by atoms with Crippen LogP contribution in [0.5, 0.6) is 0 Å². The molecule has 0 bridgehead atoms. The lowest BCUT2D eigenvalue weighted by Gasteiger charge is -2.54. The van der Waals surface area contributed by atoms with Crippen LogP contribution in [-0.2, 0) is 10.3 Å². The quantitative estimate of drug-likeness (QED) is 0.795. The first-order valence-electron chi connectivity index (χ1n) is 7.36. The van der Waals surface area contributed by atoms with E-state index < -0.39 is 35.3 Å². The Morgan fingerprint density at radius 2 is 1.83 bits per heavy atom. The van der Waals surface area contributed by atoms with E-state index in [0.29, 0.717) is 5.56 Å². The Labute approximate surface area is 134 Å². The molecule has 0 N–H and O–H groups in total. The Bertz CT molecular complexity index is 616. The van der Waals surface area contributed by atoms with E-state index in [1.165, 1.54) is 30.0 Å². The number of alkyl halides is 1. The number of carbonyl (C=O) groups excluding carboxylic acids is 1. The molecule has 23 heavy (non-hydrogen) atoms. The topological polar surface area (TPSA) is 23.6 Å². The monoisotopic (exact) mass is 326 g/mol. The van der Waals surface area contributed by atoms with E-state index in [-0.39, 0.29) is 13.1 Å². The summed E-state index contributed by atoms with van der Waals surface area (Å²) in [6.07, 6.45) is 1.52. The summed E-state index contributed by atoms with van der Waals surface area (Å²) >= 11 is 0. The summed E-state index contributed by atoms with van der Waals surface area (Å²) in [5.74, 6) is -1.86. The highest BCUT2D eigenvalue weighted by Gasteiger charge is 2.53. The molecule has 0 aromatic heterocycles. The molecule has 2 atom stereocenters. The van der Waals surface area contributed by atoms with E-state index in [2.05, 4.69) is 6.58 Å². The van der Waals surface area contributed by atoms with Crippen LogP contribution in [0, 0.1) is 11.6 Å². The van der Waals surface area contributed by atoms with Crippen molar-refractivity contribution in [1.82, 2.24) is 9.80 Å². The van der Waals surface area contributed by atoms with Crippen LogP contribution >= 0.6 is 0 Å². The van der Waals surface area contributed by atoms with Crippen molar-refractivity contribution in [3.05, 3.63) is 48.1 Å². The van der Waals surface area contributed by atoms with Gasteiger partial charge in [-0.3, -0.25) is 9.69 Å². The van der Waals surface area contributed by atoms with Crippen LogP contribution in [0.4, 0.5) is 13.2 Å². The van der Waals surface area contributed by atoms with Crippen molar-refractivity contribution in [3.63, 3.8) is 0 Å². The third-order valence-electron chi connectivity index (χ3n) is 4.75. The van der Waals surface area contributed by atoms with Crippen LogP contribution in [0.15, 0.2) is 30.9 Å². The van der Waals surface area contributed by atoms with Gasteiger partial charge in [-0.15, -0.1) is 6.58 Å². The molecule has 1 amide bonds. The second-order valence-electron chi connectivity index (χ2n) is 6.40. The van der Waals surface area contributed by atoms with Crippen molar-refractivity contribution in [3.8, 4) is 0 Å². The van der Waals surface area contributed by atoms with Gasteiger partial charge in [-0.2, -0.15) is 0 Å².